The number of rotatable bonds is 6. The number of aromatic nitrogens is 2. The summed E-state index contributed by atoms with van der Waals surface area (Å²) in [5.41, 5.74) is -0.167. The van der Waals surface area contributed by atoms with Crippen LogP contribution in [0.3, 0.4) is 0 Å². The van der Waals surface area contributed by atoms with E-state index in [1.54, 1.807) is 36.0 Å². The van der Waals surface area contributed by atoms with Crippen LogP contribution in [0, 0.1) is 18.6 Å². The van der Waals surface area contributed by atoms with Crippen molar-refractivity contribution < 1.29 is 23.2 Å². The molecule has 0 aliphatic carbocycles. The molecule has 33 heavy (non-hydrogen) atoms. The lowest BCUT2D eigenvalue weighted by Gasteiger charge is -2.22. The van der Waals surface area contributed by atoms with E-state index >= 15 is 0 Å². The van der Waals surface area contributed by atoms with Gasteiger partial charge in [-0.25, -0.2) is 18.6 Å². The number of halogens is 2. The van der Waals surface area contributed by atoms with Gasteiger partial charge in [-0.2, -0.15) is 0 Å². The molecular formula is C23H21F2N5O3. The van der Waals surface area contributed by atoms with E-state index in [4.69, 9.17) is 0 Å². The van der Waals surface area contributed by atoms with E-state index < -0.39 is 41.6 Å². The summed E-state index contributed by atoms with van der Waals surface area (Å²) in [6.07, 6.45) is 3.22. The standard InChI is InChI=1S/C23H21F2N5O3/c1-14-26-9-10-29(14)19-8-3-15(11-18(19)25)12-27-20(31)13-30-21(32)23(2,28-22(30)33)16-4-6-17(24)7-5-16/h3-11H,12-13H2,1-2H3,(H,27,31)(H,28,33). The number of hydrogen-bond donors (Lipinski definition) is 2. The van der Waals surface area contributed by atoms with Crippen LogP contribution in [0.4, 0.5) is 13.6 Å². The van der Waals surface area contributed by atoms with Crippen LogP contribution in [0.2, 0.25) is 0 Å². The van der Waals surface area contributed by atoms with Crippen molar-refractivity contribution in [3.63, 3.8) is 0 Å². The minimum Gasteiger partial charge on any atom is -0.350 e. The van der Waals surface area contributed by atoms with Gasteiger partial charge in [-0.15, -0.1) is 0 Å². The zero-order valence-electron chi connectivity index (χ0n) is 17.9. The quantitative estimate of drug-likeness (QED) is 0.561. The van der Waals surface area contributed by atoms with Crippen molar-refractivity contribution in [3.05, 3.63) is 83.4 Å². The average molecular weight is 453 g/mol. The molecule has 1 fully saturated rings. The molecule has 1 unspecified atom stereocenters. The van der Waals surface area contributed by atoms with Crippen molar-refractivity contribution in [2.45, 2.75) is 25.9 Å². The Bertz CT molecular complexity index is 1240. The lowest BCUT2D eigenvalue weighted by atomic mass is 9.92. The molecule has 0 spiro atoms. The number of nitrogens with one attached hydrogen (secondary N) is 2. The van der Waals surface area contributed by atoms with Gasteiger partial charge in [-0.1, -0.05) is 18.2 Å². The van der Waals surface area contributed by atoms with Gasteiger partial charge in [-0.05, 0) is 49.2 Å². The molecule has 1 aliphatic rings. The van der Waals surface area contributed by atoms with Crippen LogP contribution in [0.15, 0.2) is 54.9 Å². The second-order valence-corrected chi connectivity index (χ2v) is 7.86. The van der Waals surface area contributed by atoms with E-state index in [0.29, 0.717) is 22.6 Å². The van der Waals surface area contributed by atoms with E-state index in [0.717, 1.165) is 4.90 Å². The fraction of sp³-hybridized carbons (Fsp3) is 0.217. The predicted octanol–water partition coefficient (Wildman–Crippen LogP) is 2.54. The first-order valence-corrected chi connectivity index (χ1v) is 10.1. The fourth-order valence-electron chi connectivity index (χ4n) is 3.71. The molecule has 8 nitrogen and oxygen atoms in total. The molecule has 1 aliphatic heterocycles. The van der Waals surface area contributed by atoms with Gasteiger partial charge in [0.1, 0.15) is 29.5 Å². The maximum atomic E-state index is 14.5. The molecule has 1 aromatic heterocycles. The highest BCUT2D eigenvalue weighted by Gasteiger charge is 2.49. The predicted molar refractivity (Wildman–Crippen MR) is 114 cm³/mol. The topological polar surface area (TPSA) is 96.3 Å². The summed E-state index contributed by atoms with van der Waals surface area (Å²) in [5.74, 6) is -1.53. The van der Waals surface area contributed by atoms with E-state index in [-0.39, 0.29) is 6.54 Å². The molecule has 4 rings (SSSR count). The SMILES string of the molecule is Cc1nccn1-c1ccc(CNC(=O)CN2C(=O)NC(C)(c3ccc(F)cc3)C2=O)cc1F. The normalized spacial score (nSPS) is 17.9. The highest BCUT2D eigenvalue weighted by atomic mass is 19.1. The van der Waals surface area contributed by atoms with Crippen molar-refractivity contribution in [2.24, 2.45) is 0 Å². The average Bonchev–Trinajstić information content (AvgIpc) is 3.29. The zero-order chi connectivity index (χ0) is 23.8. The van der Waals surface area contributed by atoms with Crippen molar-refractivity contribution in [2.75, 3.05) is 6.54 Å². The molecule has 1 saturated heterocycles. The molecule has 0 bridgehead atoms. The molecule has 0 saturated carbocycles. The maximum absolute atomic E-state index is 14.5. The lowest BCUT2D eigenvalue weighted by Crippen LogP contribution is -2.43. The molecule has 2 N–H and O–H groups in total. The second kappa shape index (κ2) is 8.45. The number of aryl methyl sites for hydroxylation is 1. The van der Waals surface area contributed by atoms with Crippen LogP contribution >= 0.6 is 0 Å². The molecule has 3 aromatic rings. The third-order valence-corrected chi connectivity index (χ3v) is 5.59. The van der Waals surface area contributed by atoms with Crippen LogP contribution < -0.4 is 10.6 Å². The van der Waals surface area contributed by atoms with Gasteiger partial charge in [0.2, 0.25) is 5.91 Å². The minimum absolute atomic E-state index is 0.0117. The summed E-state index contributed by atoms with van der Waals surface area (Å²) >= 11 is 0. The van der Waals surface area contributed by atoms with E-state index in [2.05, 4.69) is 15.6 Å². The Morgan fingerprint density at radius 3 is 2.52 bits per heavy atom. The largest absolute Gasteiger partial charge is 0.350 e. The van der Waals surface area contributed by atoms with Crippen LogP contribution in [0.1, 0.15) is 23.9 Å². The van der Waals surface area contributed by atoms with Crippen LogP contribution in [0.25, 0.3) is 5.69 Å². The molecule has 170 valence electrons. The molecular weight excluding hydrogens is 432 g/mol. The van der Waals surface area contributed by atoms with Crippen molar-refractivity contribution >= 4 is 17.8 Å². The minimum atomic E-state index is -1.41. The summed E-state index contributed by atoms with van der Waals surface area (Å²) in [6.45, 7) is 2.75. The summed E-state index contributed by atoms with van der Waals surface area (Å²) < 4.78 is 29.4. The number of carbonyl (C=O) groups excluding carboxylic acids is 3. The maximum Gasteiger partial charge on any atom is 0.325 e. The monoisotopic (exact) mass is 453 g/mol. The van der Waals surface area contributed by atoms with Gasteiger partial charge < -0.3 is 15.2 Å². The lowest BCUT2D eigenvalue weighted by molar-refractivity contribution is -0.134. The number of amides is 4. The molecule has 2 heterocycles. The van der Waals surface area contributed by atoms with Crippen molar-refractivity contribution in [1.82, 2.24) is 25.1 Å². The first-order valence-electron chi connectivity index (χ1n) is 10.1. The van der Waals surface area contributed by atoms with E-state index in [1.165, 1.54) is 37.3 Å². The number of hydrogen-bond acceptors (Lipinski definition) is 4. The summed E-state index contributed by atoms with van der Waals surface area (Å²) in [7, 11) is 0. The van der Waals surface area contributed by atoms with Gasteiger partial charge in [0, 0.05) is 18.9 Å². The Labute approximate surface area is 188 Å². The Kier molecular flexibility index (Phi) is 5.67. The highest BCUT2D eigenvalue weighted by molar-refractivity contribution is 6.09. The summed E-state index contributed by atoms with van der Waals surface area (Å²) in [6, 6.07) is 9.00. The van der Waals surface area contributed by atoms with Crippen molar-refractivity contribution in [1.29, 1.82) is 0 Å². The van der Waals surface area contributed by atoms with Gasteiger partial charge in [0.15, 0.2) is 0 Å². The smallest absolute Gasteiger partial charge is 0.325 e. The molecule has 10 heteroatoms. The molecule has 4 amide bonds. The van der Waals surface area contributed by atoms with Gasteiger partial charge in [0.25, 0.3) is 5.91 Å². The van der Waals surface area contributed by atoms with Gasteiger partial charge in [0.05, 0.1) is 5.69 Å². The van der Waals surface area contributed by atoms with Gasteiger partial charge >= 0.3 is 6.03 Å². The third kappa shape index (κ3) is 4.19. The number of nitrogens with zero attached hydrogens (tertiary/aromatic N) is 3. The van der Waals surface area contributed by atoms with Crippen LogP contribution in [-0.2, 0) is 21.7 Å². The second-order valence-electron chi connectivity index (χ2n) is 7.86. The fourth-order valence-corrected chi connectivity index (χ4v) is 3.71. The van der Waals surface area contributed by atoms with Crippen molar-refractivity contribution in [3.8, 4) is 5.69 Å². The highest BCUT2D eigenvalue weighted by Crippen LogP contribution is 2.28. The molecule has 0 radical (unpaired) electrons. The first kappa shape index (κ1) is 22.1. The van der Waals surface area contributed by atoms with E-state index in [9.17, 15) is 23.2 Å². The Hall–Kier alpha value is -4.08. The van der Waals surface area contributed by atoms with Gasteiger partial charge in [-0.3, -0.25) is 14.5 Å². The summed E-state index contributed by atoms with van der Waals surface area (Å²) in [5, 5.41) is 5.14. The first-order chi connectivity index (χ1) is 15.7. The van der Waals surface area contributed by atoms with Crippen LogP contribution in [0.5, 0.6) is 0 Å². The molecule has 1 atom stereocenters. The summed E-state index contributed by atoms with van der Waals surface area (Å²) in [4.78, 5) is 42.5. The third-order valence-electron chi connectivity index (χ3n) is 5.59. The Morgan fingerprint density at radius 1 is 1.15 bits per heavy atom. The number of imidazole rings is 1. The number of urea groups is 1. The Balaban J connectivity index is 1.39. The Morgan fingerprint density at radius 2 is 1.88 bits per heavy atom. The number of carbonyl (C=O) groups is 3. The zero-order valence-corrected chi connectivity index (χ0v) is 17.9. The van der Waals surface area contributed by atoms with Crippen LogP contribution in [-0.4, -0.2) is 38.8 Å². The van der Waals surface area contributed by atoms with E-state index in [1.807, 2.05) is 0 Å². The number of benzene rings is 2. The number of imide groups is 1. The molecule has 2 aromatic carbocycles.